The van der Waals surface area contributed by atoms with Crippen molar-refractivity contribution in [1.29, 1.82) is 0 Å². The van der Waals surface area contributed by atoms with Crippen molar-refractivity contribution in [3.05, 3.63) is 92.1 Å². The van der Waals surface area contributed by atoms with Gasteiger partial charge in [0.25, 0.3) is 0 Å². The van der Waals surface area contributed by atoms with Crippen LogP contribution in [0.1, 0.15) is 184 Å². The molecule has 402 valence electrons. The Labute approximate surface area is 431 Å². The average Bonchev–Trinajstić information content (AvgIpc) is 3.07. The fourth-order valence-electron chi connectivity index (χ4n) is 0.0833. The predicted octanol–water partition coefficient (Wildman–Crippen LogP) is 22.2. The van der Waals surface area contributed by atoms with Crippen LogP contribution in [-0.4, -0.2) is 83.3 Å². The second-order valence-corrected chi connectivity index (χ2v) is 22.5. The molecule has 0 aliphatic carbocycles. The first-order valence-corrected chi connectivity index (χ1v) is 31.5. The van der Waals surface area contributed by atoms with E-state index in [4.69, 9.17) is 9.47 Å². The predicted molar refractivity (Wildman–Crippen MR) is 334 cm³/mol. The van der Waals surface area contributed by atoms with E-state index >= 15 is 0 Å². The van der Waals surface area contributed by atoms with Gasteiger partial charge in [-0.15, -0.1) is 92.1 Å². The zero-order valence-corrected chi connectivity index (χ0v) is 50.4. The molecule has 0 heterocycles. The van der Waals surface area contributed by atoms with Crippen molar-refractivity contribution in [2.24, 2.45) is 27.1 Å². The Balaban J connectivity index is -0.0000000128. The Morgan fingerprint density at radius 2 is 0.403 bits per heavy atom. The molecule has 0 aliphatic rings. The third-order valence-electron chi connectivity index (χ3n) is 5.48. The summed E-state index contributed by atoms with van der Waals surface area (Å²) in [5.41, 5.74) is 2.25. The Kier molecular flexibility index (Phi) is 305. The maximum absolute atomic E-state index is 4.86. The molecule has 0 unspecified atom stereocenters. The normalized spacial score (nSPS) is 7.61. The summed E-state index contributed by atoms with van der Waals surface area (Å²) >= 11 is 2.10. The van der Waals surface area contributed by atoms with Crippen LogP contribution in [-0.2, 0) is 14.2 Å². The molecule has 0 bridgehead atoms. The van der Waals surface area contributed by atoms with Crippen molar-refractivity contribution in [1.82, 2.24) is 0 Å². The second kappa shape index (κ2) is 124. The monoisotopic (exact) mass is 1090 g/mol. The topological polar surface area (TPSA) is 27.7 Å². The molecule has 6 heteroatoms. The van der Waals surface area contributed by atoms with Crippen LogP contribution in [0.4, 0.5) is 0 Å². The van der Waals surface area contributed by atoms with Crippen LogP contribution in [0.3, 0.4) is 0 Å². The summed E-state index contributed by atoms with van der Waals surface area (Å²) in [5, 5.41) is 0. The molecule has 2 radical (unpaired) electrons. The standard InChI is InChI=1S/2C8H18.C5H12O2.C5H12.C2H8Ge.C2H6O.C2H6S.7C2H4.8CH4.2CH3.Sn/c2*1-7(2,3)8(4,5)6;1-5(2,6-3)7-4;1-5(2,3)4;3*1-3-2;7*1-2;;;;;;;;;;;/h2*1-6H3;1-4H3;1-4H3;3H2,1-2H3;2*1-2H3;7*1-2H2;8*1H4;2*1H3;. The zero-order valence-electron chi connectivity index (χ0n) is 43.7. The number of hydrogen-bond acceptors (Lipinski definition) is 4. The number of methoxy groups -OCH3 is 3. The maximum atomic E-state index is 4.86. The van der Waals surface area contributed by atoms with Crippen molar-refractivity contribution in [3.8, 4) is 0 Å². The van der Waals surface area contributed by atoms with Gasteiger partial charge in [-0.2, -0.15) is 11.8 Å². The van der Waals surface area contributed by atoms with E-state index in [9.17, 15) is 0 Å². The van der Waals surface area contributed by atoms with Crippen LogP contribution >= 0.6 is 11.8 Å². The fraction of sp³-hybridized carbons (Fsp3) is 0.750. The quantitative estimate of drug-likeness (QED) is 0.156. The van der Waals surface area contributed by atoms with Crippen LogP contribution < -0.4 is 0 Å². The Morgan fingerprint density at radius 3 is 0.403 bits per heavy atom. The second-order valence-electron chi connectivity index (χ2n) is 15.8. The van der Waals surface area contributed by atoms with Gasteiger partial charge in [-0.25, -0.2) is 0 Å². The minimum absolute atomic E-state index is 0. The first kappa shape index (κ1) is 152. The van der Waals surface area contributed by atoms with Crippen LogP contribution in [0.2, 0.25) is 21.4 Å². The number of ether oxygens (including phenoxy) is 3. The van der Waals surface area contributed by atoms with Crippen LogP contribution in [0, 0.1) is 27.1 Å². The summed E-state index contributed by atoms with van der Waals surface area (Å²) < 4.78 is 14.0. The fourth-order valence-corrected chi connectivity index (χ4v) is 0.0833. The molecule has 3 nitrogen and oxygen atoms in total. The average molecular weight is 1090 g/mol. The first-order chi connectivity index (χ1) is 24.3. The summed E-state index contributed by atoms with van der Waals surface area (Å²) in [4.78, 5) is 4.59. The molecule has 0 fully saturated rings. The molecule has 0 N–H and O–H groups in total. The van der Waals surface area contributed by atoms with E-state index in [1.165, 1.54) is 0 Å². The molecular formula is C56H146GeO3SSn. The Morgan fingerprint density at radius 1 is 0.355 bits per heavy atom. The van der Waals surface area contributed by atoms with Gasteiger partial charge in [0.1, 0.15) is 0 Å². The summed E-state index contributed by atoms with van der Waals surface area (Å²) in [6.07, 6.45) is 4.08. The molecule has 0 spiro atoms. The molecule has 0 saturated heterocycles. The van der Waals surface area contributed by atoms with Gasteiger partial charge in [-0.05, 0) is 53.4 Å². The van der Waals surface area contributed by atoms with E-state index in [2.05, 4.69) is 229 Å². The van der Waals surface area contributed by atoms with Gasteiger partial charge in [-0.3, -0.25) is 0 Å². The molecule has 0 aromatic rings. The van der Waals surface area contributed by atoms with Crippen LogP contribution in [0.5, 0.6) is 0 Å². The van der Waals surface area contributed by atoms with Crippen molar-refractivity contribution in [3.63, 3.8) is 0 Å². The summed E-state index contributed by atoms with van der Waals surface area (Å²) in [6, 6.07) is 0. The molecule has 0 aromatic carbocycles. The van der Waals surface area contributed by atoms with Gasteiger partial charge in [0.05, 0.1) is 0 Å². The molecular weight excluding hydrogens is 944 g/mol. The van der Waals surface area contributed by atoms with Gasteiger partial charge >= 0.3 is 58.0 Å². The minimum atomic E-state index is -0.417. The molecule has 0 rings (SSSR count). The van der Waals surface area contributed by atoms with Crippen molar-refractivity contribution < 1.29 is 14.2 Å². The van der Waals surface area contributed by atoms with E-state index in [1.54, 1.807) is 40.2 Å². The van der Waals surface area contributed by atoms with Crippen molar-refractivity contribution in [2.75, 3.05) is 41.0 Å². The van der Waals surface area contributed by atoms with Gasteiger partial charge < -0.3 is 14.2 Å². The summed E-state index contributed by atoms with van der Waals surface area (Å²) in [7, 11) is 6.48. The molecule has 0 saturated carbocycles. The van der Waals surface area contributed by atoms with E-state index in [0.717, 1.165) is 0 Å². The molecule has 0 aliphatic heterocycles. The Bertz CT molecular complexity index is 450. The zero-order chi connectivity index (χ0) is 49.2. The van der Waals surface area contributed by atoms with E-state index in [1.807, 2.05) is 26.4 Å². The number of hydrogen-bond donors (Lipinski definition) is 0. The van der Waals surface area contributed by atoms with Crippen LogP contribution in [0.25, 0.3) is 0 Å². The summed E-state index contributed by atoms with van der Waals surface area (Å²) in [5.74, 6) is 4.21. The van der Waals surface area contributed by atoms with E-state index < -0.39 is 5.79 Å². The first-order valence-electron chi connectivity index (χ1n) is 18.3. The number of rotatable bonds is 2. The molecule has 0 atom stereocenters. The SMILES string of the molecule is C.C.C.C.C.C.C.C.C=C.C=C.C=C.C=C.C=C.C=C.C=C.CC(C)(C)C.CC(C)(C)C(C)(C)C.CC(C)(C)C(C)(C)C.COC.COC(C)(C)OC.CSC.[CH3][GeH2][CH3].[CH3][Sn][CH3]. The molecule has 62 heavy (non-hydrogen) atoms. The molecule has 0 amide bonds. The van der Waals surface area contributed by atoms with Crippen molar-refractivity contribution in [2.45, 2.75) is 211 Å². The van der Waals surface area contributed by atoms with Gasteiger partial charge in [0.15, 0.2) is 5.79 Å². The Hall–Kier alpha value is -0.248. The van der Waals surface area contributed by atoms with Gasteiger partial charge in [0, 0.05) is 28.4 Å². The number of thioether (sulfide) groups is 1. The van der Waals surface area contributed by atoms with Crippen molar-refractivity contribution >= 4 is 48.3 Å². The van der Waals surface area contributed by atoms with Crippen LogP contribution in [0.15, 0.2) is 92.1 Å². The molecule has 0 aromatic heterocycles. The third-order valence-corrected chi connectivity index (χ3v) is 5.48. The third kappa shape index (κ3) is 366. The van der Waals surface area contributed by atoms with E-state index in [0.29, 0.717) is 27.1 Å². The van der Waals surface area contributed by atoms with E-state index in [-0.39, 0.29) is 96.0 Å². The van der Waals surface area contributed by atoms with Gasteiger partial charge in [0.2, 0.25) is 0 Å². The van der Waals surface area contributed by atoms with Gasteiger partial charge in [-0.1, -0.05) is 170 Å². The summed E-state index contributed by atoms with van der Waals surface area (Å²) in [6.45, 7) is 81.7.